The molecular weight excluding hydrogens is 178 g/mol. The van der Waals surface area contributed by atoms with Crippen LogP contribution in [0.15, 0.2) is 23.1 Å². The predicted molar refractivity (Wildman–Crippen MR) is 58.2 cm³/mol. The van der Waals surface area contributed by atoms with Crippen LogP contribution in [0.2, 0.25) is 0 Å². The molecule has 0 bridgehead atoms. The van der Waals surface area contributed by atoms with Gasteiger partial charge in [0.1, 0.15) is 0 Å². The van der Waals surface area contributed by atoms with E-state index in [1.165, 1.54) is 16.9 Å². The van der Waals surface area contributed by atoms with E-state index in [1.54, 1.807) is 5.56 Å². The second kappa shape index (κ2) is 3.72. The van der Waals surface area contributed by atoms with Gasteiger partial charge >= 0.3 is 0 Å². The van der Waals surface area contributed by atoms with E-state index in [2.05, 4.69) is 25.1 Å². The van der Waals surface area contributed by atoms with Crippen molar-refractivity contribution in [2.24, 2.45) is 5.73 Å². The van der Waals surface area contributed by atoms with Gasteiger partial charge in [0.15, 0.2) is 0 Å². The van der Waals surface area contributed by atoms with E-state index in [0.717, 1.165) is 18.2 Å². The lowest BCUT2D eigenvalue weighted by molar-refractivity contribution is 0.771. The van der Waals surface area contributed by atoms with Crippen LogP contribution in [0, 0.1) is 6.92 Å². The molecule has 1 nitrogen and oxygen atoms in total. The van der Waals surface area contributed by atoms with E-state index in [4.69, 9.17) is 5.73 Å². The highest BCUT2D eigenvalue weighted by Gasteiger charge is 2.22. The first kappa shape index (κ1) is 9.10. The van der Waals surface area contributed by atoms with Crippen molar-refractivity contribution in [3.8, 4) is 0 Å². The van der Waals surface area contributed by atoms with Crippen LogP contribution in [0.1, 0.15) is 17.5 Å². The summed E-state index contributed by atoms with van der Waals surface area (Å²) in [6, 6.07) is 6.57. The average Bonchev–Trinajstić information content (AvgIpc) is 2.49. The van der Waals surface area contributed by atoms with Crippen molar-refractivity contribution in [2.75, 3.05) is 6.54 Å². The third kappa shape index (κ3) is 1.74. The molecule has 13 heavy (non-hydrogen) atoms. The third-order valence-electron chi connectivity index (χ3n) is 2.58. The molecule has 2 rings (SSSR count). The summed E-state index contributed by atoms with van der Waals surface area (Å²) in [4.78, 5) is 1.47. The summed E-state index contributed by atoms with van der Waals surface area (Å²) in [6.45, 7) is 3.01. The smallest absolute Gasteiger partial charge is 0.0147 e. The fourth-order valence-corrected chi connectivity index (χ4v) is 3.25. The Bertz CT molecular complexity index is 309. The Morgan fingerprint density at radius 1 is 1.54 bits per heavy atom. The molecule has 70 valence electrons. The zero-order valence-corrected chi connectivity index (χ0v) is 8.73. The van der Waals surface area contributed by atoms with E-state index < -0.39 is 0 Å². The number of hydrogen-bond donors (Lipinski definition) is 1. The van der Waals surface area contributed by atoms with Crippen molar-refractivity contribution in [2.45, 2.75) is 29.9 Å². The van der Waals surface area contributed by atoms with Gasteiger partial charge < -0.3 is 5.73 Å². The summed E-state index contributed by atoms with van der Waals surface area (Å²) in [6.07, 6.45) is 2.35. The van der Waals surface area contributed by atoms with E-state index in [9.17, 15) is 0 Å². The van der Waals surface area contributed by atoms with Gasteiger partial charge in [-0.3, -0.25) is 0 Å². The molecule has 0 saturated carbocycles. The van der Waals surface area contributed by atoms with Crippen molar-refractivity contribution >= 4 is 11.8 Å². The van der Waals surface area contributed by atoms with E-state index in [1.807, 2.05) is 11.8 Å². The maximum Gasteiger partial charge on any atom is 0.0147 e. The first-order chi connectivity index (χ1) is 6.31. The highest BCUT2D eigenvalue weighted by molar-refractivity contribution is 8.00. The molecule has 1 aromatic rings. The fraction of sp³-hybridized carbons (Fsp3) is 0.455. The molecule has 1 aromatic carbocycles. The van der Waals surface area contributed by atoms with Crippen molar-refractivity contribution < 1.29 is 0 Å². The molecule has 0 aromatic heterocycles. The van der Waals surface area contributed by atoms with Gasteiger partial charge in [-0.15, -0.1) is 11.8 Å². The highest BCUT2D eigenvalue weighted by Crippen LogP contribution is 2.39. The molecule has 1 aliphatic heterocycles. The zero-order valence-electron chi connectivity index (χ0n) is 7.92. The Labute approximate surface area is 83.7 Å². The van der Waals surface area contributed by atoms with Gasteiger partial charge in [-0.05, 0) is 43.5 Å². The molecule has 0 saturated heterocycles. The highest BCUT2D eigenvalue weighted by atomic mass is 32.2. The van der Waals surface area contributed by atoms with Gasteiger partial charge in [0.05, 0.1) is 0 Å². The molecule has 0 aliphatic carbocycles. The molecule has 0 amide bonds. The van der Waals surface area contributed by atoms with Crippen LogP contribution in [0.3, 0.4) is 0 Å². The summed E-state index contributed by atoms with van der Waals surface area (Å²) in [5, 5.41) is 0.723. The molecular formula is C11H15NS. The van der Waals surface area contributed by atoms with Gasteiger partial charge in [-0.2, -0.15) is 0 Å². The molecule has 2 heteroatoms. The first-order valence-electron chi connectivity index (χ1n) is 4.76. The van der Waals surface area contributed by atoms with Crippen molar-refractivity contribution in [3.05, 3.63) is 29.3 Å². The maximum absolute atomic E-state index is 5.57. The van der Waals surface area contributed by atoms with Gasteiger partial charge in [0.25, 0.3) is 0 Å². The fourth-order valence-electron chi connectivity index (χ4n) is 1.84. The monoisotopic (exact) mass is 193 g/mol. The number of hydrogen-bond acceptors (Lipinski definition) is 2. The molecule has 0 spiro atoms. The summed E-state index contributed by atoms with van der Waals surface area (Å²) >= 11 is 1.99. The Balaban J connectivity index is 2.20. The number of benzene rings is 1. The van der Waals surface area contributed by atoms with Gasteiger partial charge in [-0.1, -0.05) is 12.1 Å². The van der Waals surface area contributed by atoms with Crippen LogP contribution in [-0.4, -0.2) is 11.8 Å². The largest absolute Gasteiger partial charge is 0.330 e. The Morgan fingerprint density at radius 2 is 2.38 bits per heavy atom. The lowest BCUT2D eigenvalue weighted by atomic mass is 10.0. The van der Waals surface area contributed by atoms with E-state index in [0.29, 0.717) is 0 Å². The first-order valence-corrected chi connectivity index (χ1v) is 5.64. The van der Waals surface area contributed by atoms with Crippen LogP contribution in [0.4, 0.5) is 0 Å². The second-order valence-electron chi connectivity index (χ2n) is 3.57. The predicted octanol–water partition coefficient (Wildman–Crippen LogP) is 2.36. The number of thioether (sulfide) groups is 1. The SMILES string of the molecule is Cc1cccc2c1CC(CCN)S2. The number of fused-ring (bicyclic) bond motifs is 1. The van der Waals surface area contributed by atoms with Gasteiger partial charge in [-0.25, -0.2) is 0 Å². The van der Waals surface area contributed by atoms with Crippen molar-refractivity contribution in [1.29, 1.82) is 0 Å². The van der Waals surface area contributed by atoms with Crippen LogP contribution in [0.25, 0.3) is 0 Å². The molecule has 1 aliphatic rings. The average molecular weight is 193 g/mol. The number of rotatable bonds is 2. The normalized spacial score (nSPS) is 20.3. The Morgan fingerprint density at radius 3 is 3.08 bits per heavy atom. The van der Waals surface area contributed by atoms with Gasteiger partial charge in [0, 0.05) is 10.1 Å². The quantitative estimate of drug-likeness (QED) is 0.780. The topological polar surface area (TPSA) is 26.0 Å². The minimum atomic E-state index is 0.723. The van der Waals surface area contributed by atoms with Crippen LogP contribution in [0.5, 0.6) is 0 Å². The van der Waals surface area contributed by atoms with E-state index >= 15 is 0 Å². The van der Waals surface area contributed by atoms with Crippen LogP contribution >= 0.6 is 11.8 Å². The van der Waals surface area contributed by atoms with Gasteiger partial charge in [0.2, 0.25) is 0 Å². The third-order valence-corrected chi connectivity index (χ3v) is 3.95. The lowest BCUT2D eigenvalue weighted by Gasteiger charge is -2.04. The summed E-state index contributed by atoms with van der Waals surface area (Å²) < 4.78 is 0. The molecule has 1 atom stereocenters. The molecule has 1 heterocycles. The molecule has 0 radical (unpaired) electrons. The maximum atomic E-state index is 5.57. The zero-order chi connectivity index (χ0) is 9.26. The summed E-state index contributed by atoms with van der Waals surface area (Å²) in [7, 11) is 0. The van der Waals surface area contributed by atoms with Crippen LogP contribution < -0.4 is 5.73 Å². The molecule has 2 N–H and O–H groups in total. The number of nitrogens with two attached hydrogens (primary N) is 1. The second-order valence-corrected chi connectivity index (χ2v) is 4.92. The van der Waals surface area contributed by atoms with E-state index in [-0.39, 0.29) is 0 Å². The van der Waals surface area contributed by atoms with Crippen LogP contribution in [-0.2, 0) is 6.42 Å². The number of aryl methyl sites for hydroxylation is 1. The summed E-state index contributed by atoms with van der Waals surface area (Å²) in [5.74, 6) is 0. The minimum absolute atomic E-state index is 0.723. The Hall–Kier alpha value is -0.470. The molecule has 1 unspecified atom stereocenters. The standard InChI is InChI=1S/C11H15NS/c1-8-3-2-4-11-10(8)7-9(13-11)5-6-12/h2-4,9H,5-7,12H2,1H3. The molecule has 0 fully saturated rings. The Kier molecular flexibility index (Phi) is 2.61. The summed E-state index contributed by atoms with van der Waals surface area (Å²) in [5.41, 5.74) is 8.55. The lowest BCUT2D eigenvalue weighted by Crippen LogP contribution is -2.09. The van der Waals surface area contributed by atoms with Crippen molar-refractivity contribution in [3.63, 3.8) is 0 Å². The minimum Gasteiger partial charge on any atom is -0.330 e. The van der Waals surface area contributed by atoms with Crippen molar-refractivity contribution in [1.82, 2.24) is 0 Å².